The normalized spacial score (nSPS) is 14.1. The molecule has 636 valence electrons. The van der Waals surface area contributed by atoms with Crippen LogP contribution in [0.5, 0.6) is 0 Å². The molecule has 0 fully saturated rings. The summed E-state index contributed by atoms with van der Waals surface area (Å²) in [7, 11) is 0. The number of H-pyrrole nitrogens is 1. The molecule has 0 spiro atoms. The number of hydrogen-bond acceptors (Lipinski definition) is 0. The maximum Gasteiger partial charge on any atom is 0.0541 e. The van der Waals surface area contributed by atoms with E-state index in [0.717, 1.165) is 11.0 Å². The SMILES string of the molecule is CC1(C)c2cc(C3=C4C(=C(c5cccc6ccccc56)c5ccccc54)c4ccccc43)ccc2-c2ccc(-c3ccccc3)cc21.c1ccc(-c2ccc3[nH]c4ccc(C5=C6C(=C(c7cccc8ccccc78)c7ccccc76)c6ccccc65)cc4c3c2)cc1.c1ccc(-n2c3ccccc3c3cc(C4=C5C(=C(c6cccc7ccccc67)c6ccccc65)c5ccccc54)ccc32)cc1. The van der Waals surface area contributed by atoms with Crippen molar-refractivity contribution in [2.75, 3.05) is 0 Å². The van der Waals surface area contributed by atoms with E-state index >= 15 is 0 Å². The van der Waals surface area contributed by atoms with E-state index in [2.05, 4.69) is 503 Å². The topological polar surface area (TPSA) is 20.7 Å². The number of hydrogen-bond donors (Lipinski definition) is 1. The van der Waals surface area contributed by atoms with E-state index in [0.29, 0.717) is 0 Å². The molecule has 2 aromatic heterocycles. The second-order valence-corrected chi connectivity index (χ2v) is 37.8. The average Bonchev–Trinajstić information content (AvgIpc) is 1.55. The van der Waals surface area contributed by atoms with Gasteiger partial charge in [-0.3, -0.25) is 0 Å². The maximum atomic E-state index is 3.68. The van der Waals surface area contributed by atoms with Gasteiger partial charge in [0.15, 0.2) is 0 Å². The summed E-state index contributed by atoms with van der Waals surface area (Å²) in [5, 5.41) is 12.7. The first-order chi connectivity index (χ1) is 67.8. The fourth-order valence-corrected chi connectivity index (χ4v) is 24.3. The molecule has 0 saturated heterocycles. The number of nitrogens with one attached hydrogen (secondary N) is 1. The highest BCUT2D eigenvalue weighted by Crippen LogP contribution is 2.64. The molecule has 137 heavy (non-hydrogen) atoms. The van der Waals surface area contributed by atoms with Crippen LogP contribution in [0.4, 0.5) is 0 Å². The second kappa shape index (κ2) is 30.8. The summed E-state index contributed by atoms with van der Waals surface area (Å²) in [5.74, 6) is 0. The molecule has 2 nitrogen and oxygen atoms in total. The van der Waals surface area contributed by atoms with Crippen molar-refractivity contribution < 1.29 is 0 Å². The minimum Gasteiger partial charge on any atom is -0.355 e. The van der Waals surface area contributed by atoms with Crippen LogP contribution in [0.1, 0.15) is 125 Å². The lowest BCUT2D eigenvalue weighted by molar-refractivity contribution is 0.660. The Kier molecular flexibility index (Phi) is 17.5. The van der Waals surface area contributed by atoms with E-state index in [4.69, 9.17) is 0 Å². The third-order valence-electron chi connectivity index (χ3n) is 30.3. The molecule has 7 aliphatic carbocycles. The van der Waals surface area contributed by atoms with Gasteiger partial charge in [0.25, 0.3) is 0 Å². The molecule has 0 bridgehead atoms. The number of nitrogens with zero attached hydrogens (tertiary/aromatic N) is 1. The first kappa shape index (κ1) is 78.1. The fraction of sp³-hybridized carbons (Fsp3) is 0.0222. The minimum absolute atomic E-state index is 0.116. The number of aromatic nitrogens is 2. The number of aromatic amines is 1. The van der Waals surface area contributed by atoms with Gasteiger partial charge in [-0.15, -0.1) is 0 Å². The second-order valence-electron chi connectivity index (χ2n) is 37.8. The Morgan fingerprint density at radius 3 is 0.839 bits per heavy atom. The molecule has 0 amide bonds. The number of fused-ring (bicyclic) bond motifs is 27. The van der Waals surface area contributed by atoms with Crippen LogP contribution in [0.2, 0.25) is 0 Å². The van der Waals surface area contributed by atoms with Crippen LogP contribution < -0.4 is 0 Å². The average molecular weight is 1740 g/mol. The summed E-state index contributed by atoms with van der Waals surface area (Å²) in [4.78, 5) is 3.68. The first-order valence-electron chi connectivity index (χ1n) is 47.8. The van der Waals surface area contributed by atoms with Crippen molar-refractivity contribution in [1.29, 1.82) is 0 Å². The molecule has 0 atom stereocenters. The Bertz CT molecular complexity index is 9370. The fourth-order valence-electron chi connectivity index (χ4n) is 24.3. The van der Waals surface area contributed by atoms with Crippen LogP contribution in [0.15, 0.2) is 479 Å². The molecule has 0 aliphatic heterocycles. The highest BCUT2D eigenvalue weighted by atomic mass is 15.0. The predicted octanol–water partition coefficient (Wildman–Crippen LogP) is 34.6. The van der Waals surface area contributed by atoms with Gasteiger partial charge in [0.05, 0.1) is 11.0 Å². The van der Waals surface area contributed by atoms with Gasteiger partial charge in [-0.05, 0) is 311 Å². The Morgan fingerprint density at radius 1 is 0.161 bits per heavy atom. The van der Waals surface area contributed by atoms with Crippen molar-refractivity contribution in [1.82, 2.24) is 9.55 Å². The van der Waals surface area contributed by atoms with Crippen LogP contribution in [-0.2, 0) is 5.41 Å². The van der Waals surface area contributed by atoms with Crippen LogP contribution in [0.25, 0.3) is 182 Å². The maximum absolute atomic E-state index is 3.68. The lowest BCUT2D eigenvalue weighted by atomic mass is 9.80. The van der Waals surface area contributed by atoms with Crippen molar-refractivity contribution in [2.45, 2.75) is 19.3 Å². The molecular formula is C135H86N2. The van der Waals surface area contributed by atoms with Crippen molar-refractivity contribution in [2.24, 2.45) is 0 Å². The molecule has 0 unspecified atom stereocenters. The number of benzene rings is 21. The van der Waals surface area contributed by atoms with Gasteiger partial charge in [-0.1, -0.05) is 426 Å². The van der Waals surface area contributed by atoms with Gasteiger partial charge in [0, 0.05) is 43.7 Å². The highest BCUT2D eigenvalue weighted by molar-refractivity contribution is 6.39. The summed E-state index contributed by atoms with van der Waals surface area (Å²) >= 11 is 0. The molecule has 2 heterocycles. The van der Waals surface area contributed by atoms with Crippen molar-refractivity contribution in [3.63, 3.8) is 0 Å². The van der Waals surface area contributed by atoms with E-state index in [1.807, 2.05) is 0 Å². The number of rotatable bonds is 9. The molecule has 0 radical (unpaired) electrons. The van der Waals surface area contributed by atoms with Gasteiger partial charge in [-0.25, -0.2) is 0 Å². The van der Waals surface area contributed by atoms with E-state index in [9.17, 15) is 0 Å². The number of allylic oxidation sites excluding steroid dienone is 6. The molecule has 7 aliphatic rings. The summed E-state index contributed by atoms with van der Waals surface area (Å²) in [5.41, 5.74) is 55.9. The van der Waals surface area contributed by atoms with Crippen molar-refractivity contribution in [3.8, 4) is 39.1 Å². The van der Waals surface area contributed by atoms with Gasteiger partial charge in [-0.2, -0.15) is 0 Å². The van der Waals surface area contributed by atoms with Crippen molar-refractivity contribution in [3.05, 3.63) is 591 Å². The van der Waals surface area contributed by atoms with Gasteiger partial charge in [0.1, 0.15) is 0 Å². The monoisotopic (exact) mass is 1730 g/mol. The molecule has 1 N–H and O–H groups in total. The molecule has 30 rings (SSSR count). The standard InChI is InChI=1S/C47H32.2C44H27N/c1-47(2)41-27-31(29-13-4-3-5-14-29)23-25-34(41)35-26-24-32(28-42(35)47)43-37-18-8-10-20-39(37)46-44(38-19-9-11-21-40(38)45(43)46)36-22-12-16-30-15-6-7-17-33(30)36;1-2-15-30(16-3-1)45-39-24-11-10-18-32(39)38-27-29(25-26-40(38)45)41-34-19-6-8-21-36(34)44-42(35-20-7-9-22-37(35)43(41)44)33-23-12-14-28-13-4-5-17-31(28)33;1-2-11-27(12-3-1)29-21-23-39-37(25-29)38-26-30(22-24-40(38)45-39)41-33-16-6-8-18-35(33)44-42(34-17-7-9-19-36(34)43(41)44)32-20-10-14-28-13-4-5-15-31(28)32/h3-28H,1-2H3;1-27H;1-26,45H. The zero-order valence-electron chi connectivity index (χ0n) is 75.6. The zero-order valence-corrected chi connectivity index (χ0v) is 75.6. The summed E-state index contributed by atoms with van der Waals surface area (Å²) in [6, 6.07) is 177. The van der Waals surface area contributed by atoms with E-state index < -0.39 is 0 Å². The lowest BCUT2D eigenvalue weighted by Crippen LogP contribution is -2.15. The first-order valence-corrected chi connectivity index (χ1v) is 47.8. The van der Waals surface area contributed by atoms with Crippen LogP contribution in [0, 0.1) is 0 Å². The zero-order chi connectivity index (χ0) is 90.2. The Hall–Kier alpha value is -17.6. The minimum atomic E-state index is -0.116. The summed E-state index contributed by atoms with van der Waals surface area (Å²) in [6.45, 7) is 4.79. The van der Waals surface area contributed by atoms with Crippen molar-refractivity contribution >= 4 is 143 Å². The largest absolute Gasteiger partial charge is 0.355 e. The Balaban J connectivity index is 0.000000102. The third kappa shape index (κ3) is 11.9. The molecule has 0 saturated carbocycles. The van der Waals surface area contributed by atoms with Gasteiger partial charge >= 0.3 is 0 Å². The van der Waals surface area contributed by atoms with E-state index in [1.54, 1.807) is 0 Å². The Morgan fingerprint density at radius 2 is 0.423 bits per heavy atom. The molecule has 2 heteroatoms. The van der Waals surface area contributed by atoms with E-state index in [-0.39, 0.29) is 5.41 Å². The summed E-state index contributed by atoms with van der Waals surface area (Å²) in [6.07, 6.45) is 0. The highest BCUT2D eigenvalue weighted by Gasteiger charge is 2.43. The Labute approximate surface area is 795 Å². The molecular weight excluding hydrogens is 1650 g/mol. The smallest absolute Gasteiger partial charge is 0.0541 e. The van der Waals surface area contributed by atoms with Gasteiger partial charge < -0.3 is 9.55 Å². The number of para-hydroxylation sites is 2. The van der Waals surface area contributed by atoms with Crippen LogP contribution >= 0.6 is 0 Å². The quantitative estimate of drug-likeness (QED) is 0.149. The van der Waals surface area contributed by atoms with Crippen LogP contribution in [-0.4, -0.2) is 9.55 Å². The van der Waals surface area contributed by atoms with Gasteiger partial charge in [0.2, 0.25) is 0 Å². The third-order valence-corrected chi connectivity index (χ3v) is 30.3. The predicted molar refractivity (Wildman–Crippen MR) is 577 cm³/mol. The van der Waals surface area contributed by atoms with Crippen LogP contribution in [0.3, 0.4) is 0 Å². The summed E-state index contributed by atoms with van der Waals surface area (Å²) < 4.78 is 2.39. The molecule has 21 aromatic carbocycles. The lowest BCUT2D eigenvalue weighted by Gasteiger charge is -2.23. The molecule has 23 aromatic rings. The van der Waals surface area contributed by atoms with E-state index in [1.165, 1.54) is 282 Å².